The fourth-order valence-corrected chi connectivity index (χ4v) is 3.10. The van der Waals surface area contributed by atoms with Crippen molar-refractivity contribution in [1.29, 1.82) is 0 Å². The fraction of sp³-hybridized carbons (Fsp3) is 0.259. The van der Waals surface area contributed by atoms with E-state index in [0.717, 1.165) is 17.7 Å². The summed E-state index contributed by atoms with van der Waals surface area (Å²) >= 11 is 0. The molecule has 0 fully saturated rings. The Morgan fingerprint density at radius 3 is 2.26 bits per heavy atom. The second kappa shape index (κ2) is 11.3. The quantitative estimate of drug-likeness (QED) is 0.455. The third-order valence-corrected chi connectivity index (χ3v) is 4.71. The van der Waals surface area contributed by atoms with Crippen molar-refractivity contribution in [1.82, 2.24) is 5.32 Å². The maximum Gasteiger partial charge on any atom is 0.408 e. The van der Waals surface area contributed by atoms with Gasteiger partial charge in [-0.15, -0.1) is 0 Å². The molecule has 2 aromatic rings. The number of rotatable bonds is 8. The van der Waals surface area contributed by atoms with Crippen LogP contribution in [0.1, 0.15) is 31.9 Å². The van der Waals surface area contributed by atoms with Crippen molar-refractivity contribution >= 4 is 23.6 Å². The lowest BCUT2D eigenvalue weighted by Crippen LogP contribution is -2.45. The molecule has 0 bridgehead atoms. The number of carbonyl (C=O) groups excluding carboxylic acids is 4. The lowest BCUT2D eigenvalue weighted by atomic mass is 10.1. The number of esters is 1. The van der Waals surface area contributed by atoms with E-state index in [0.29, 0.717) is 11.3 Å². The largest absolute Gasteiger partial charge is 0.459 e. The second-order valence-electron chi connectivity index (χ2n) is 8.85. The summed E-state index contributed by atoms with van der Waals surface area (Å²) in [5.74, 6) is -1.07. The molecule has 3 rings (SSSR count). The van der Waals surface area contributed by atoms with Crippen LogP contribution in [0, 0.1) is 0 Å². The maximum absolute atomic E-state index is 12.8. The molecule has 0 radical (unpaired) electrons. The highest BCUT2D eigenvalue weighted by Gasteiger charge is 2.26. The van der Waals surface area contributed by atoms with Gasteiger partial charge in [-0.25, -0.2) is 9.59 Å². The molecule has 0 aromatic heterocycles. The van der Waals surface area contributed by atoms with E-state index in [9.17, 15) is 19.2 Å². The zero-order chi connectivity index (χ0) is 25.4. The number of alkyl carbamates (subject to hydrolysis) is 1. The number of hydrogen-bond acceptors (Lipinski definition) is 7. The highest BCUT2D eigenvalue weighted by molar-refractivity contribution is 6.16. The average molecular weight is 478 g/mol. The van der Waals surface area contributed by atoms with Crippen LogP contribution in [0.4, 0.5) is 4.79 Å². The van der Waals surface area contributed by atoms with Crippen molar-refractivity contribution in [3.05, 3.63) is 89.7 Å². The van der Waals surface area contributed by atoms with Crippen LogP contribution in [0.15, 0.2) is 78.6 Å². The van der Waals surface area contributed by atoms with Gasteiger partial charge in [0.15, 0.2) is 11.5 Å². The van der Waals surface area contributed by atoms with Gasteiger partial charge < -0.3 is 19.5 Å². The Balaban J connectivity index is 1.68. The summed E-state index contributed by atoms with van der Waals surface area (Å²) < 4.78 is 16.2. The van der Waals surface area contributed by atoms with E-state index in [2.05, 4.69) is 5.32 Å². The molecule has 0 saturated carbocycles. The summed E-state index contributed by atoms with van der Waals surface area (Å²) in [7, 11) is 0. The topological polar surface area (TPSA) is 108 Å². The number of ketones is 2. The minimum Gasteiger partial charge on any atom is -0.459 e. The number of benzene rings is 2. The summed E-state index contributed by atoms with van der Waals surface area (Å²) in [5.41, 5.74) is 0.789. The molecule has 1 amide bonds. The first-order chi connectivity index (χ1) is 16.6. The highest BCUT2D eigenvalue weighted by Crippen LogP contribution is 2.19. The Kier molecular flexibility index (Phi) is 8.20. The van der Waals surface area contributed by atoms with E-state index < -0.39 is 29.5 Å². The van der Waals surface area contributed by atoms with Gasteiger partial charge in [0.1, 0.15) is 24.0 Å². The predicted molar refractivity (Wildman–Crippen MR) is 127 cm³/mol. The van der Waals surface area contributed by atoms with Gasteiger partial charge in [0.2, 0.25) is 5.78 Å². The monoisotopic (exact) mass is 477 g/mol. The number of ether oxygens (including phenoxy) is 3. The van der Waals surface area contributed by atoms with Crippen LogP contribution in [0.2, 0.25) is 0 Å². The van der Waals surface area contributed by atoms with E-state index in [1.807, 2.05) is 30.3 Å². The molecule has 0 aliphatic heterocycles. The van der Waals surface area contributed by atoms with E-state index >= 15 is 0 Å². The Hall–Kier alpha value is -4.20. The smallest absolute Gasteiger partial charge is 0.408 e. The van der Waals surface area contributed by atoms with Crippen LogP contribution >= 0.6 is 0 Å². The first kappa shape index (κ1) is 25.4. The normalized spacial score (nSPS) is 14.1. The third-order valence-electron chi connectivity index (χ3n) is 4.71. The zero-order valence-corrected chi connectivity index (χ0v) is 19.8. The van der Waals surface area contributed by atoms with Crippen molar-refractivity contribution in [3.8, 4) is 5.75 Å². The molecule has 182 valence electrons. The number of hydrogen-bond donors (Lipinski definition) is 1. The molecule has 0 saturated heterocycles. The standard InChI is InChI=1S/C27H27NO7/c1-27(2,3)35-26(32)28-22(25(31)33-17-19-7-5-4-6-8-19)15-18-9-12-21(13-10-18)34-24-16-20(29)11-14-23(24)30/h4-14,16,22H,15,17H2,1-3H3,(H,28,32)/t22-/m0/s1. The molecule has 0 heterocycles. The number of amides is 1. The van der Waals surface area contributed by atoms with Gasteiger partial charge in [-0.1, -0.05) is 42.5 Å². The minimum atomic E-state index is -0.995. The number of nitrogens with one attached hydrogen (secondary N) is 1. The SMILES string of the molecule is CC(C)(C)OC(=O)N[C@@H](Cc1ccc(OC2=CC(=O)C=CC2=O)cc1)C(=O)OCc1ccccc1. The van der Waals surface area contributed by atoms with Crippen LogP contribution in [-0.4, -0.2) is 35.3 Å². The lowest BCUT2D eigenvalue weighted by molar-refractivity contribution is -0.147. The molecule has 35 heavy (non-hydrogen) atoms. The molecule has 0 unspecified atom stereocenters. The van der Waals surface area contributed by atoms with Crippen molar-refractivity contribution in [3.63, 3.8) is 0 Å². The van der Waals surface area contributed by atoms with E-state index in [4.69, 9.17) is 14.2 Å². The van der Waals surface area contributed by atoms with Crippen molar-refractivity contribution in [2.45, 2.75) is 45.4 Å². The zero-order valence-electron chi connectivity index (χ0n) is 19.8. The summed E-state index contributed by atoms with van der Waals surface area (Å²) in [6, 6.07) is 14.8. The molecule has 1 atom stereocenters. The summed E-state index contributed by atoms with van der Waals surface area (Å²) in [6.07, 6.45) is 2.85. The van der Waals surface area contributed by atoms with Crippen molar-refractivity contribution in [2.75, 3.05) is 0 Å². The molecule has 0 spiro atoms. The summed E-state index contributed by atoms with van der Waals surface area (Å²) in [6.45, 7) is 5.24. The van der Waals surface area contributed by atoms with E-state index in [1.165, 1.54) is 6.08 Å². The lowest BCUT2D eigenvalue weighted by Gasteiger charge is -2.23. The molecule has 1 aliphatic rings. The first-order valence-corrected chi connectivity index (χ1v) is 11.0. The van der Waals surface area contributed by atoms with Crippen LogP contribution in [0.3, 0.4) is 0 Å². The third kappa shape index (κ3) is 8.26. The molecule has 1 aliphatic carbocycles. The second-order valence-corrected chi connectivity index (χ2v) is 8.85. The van der Waals surface area contributed by atoms with E-state index in [1.54, 1.807) is 45.0 Å². The molecule has 8 heteroatoms. The van der Waals surface area contributed by atoms with Gasteiger partial charge in [0, 0.05) is 12.5 Å². The summed E-state index contributed by atoms with van der Waals surface area (Å²) in [4.78, 5) is 48.5. The molecule has 8 nitrogen and oxygen atoms in total. The van der Waals surface area contributed by atoms with E-state index in [-0.39, 0.29) is 24.6 Å². The van der Waals surface area contributed by atoms with Crippen LogP contribution in [-0.2, 0) is 36.9 Å². The van der Waals surface area contributed by atoms with Crippen molar-refractivity contribution in [2.24, 2.45) is 0 Å². The van der Waals surface area contributed by atoms with Gasteiger partial charge in [0.05, 0.1) is 0 Å². The first-order valence-electron chi connectivity index (χ1n) is 11.0. The van der Waals surface area contributed by atoms with Gasteiger partial charge in [0.25, 0.3) is 0 Å². The van der Waals surface area contributed by atoms with Gasteiger partial charge in [-0.2, -0.15) is 0 Å². The number of carbonyl (C=O) groups is 4. The van der Waals surface area contributed by atoms with Gasteiger partial charge >= 0.3 is 12.1 Å². The van der Waals surface area contributed by atoms with Crippen molar-refractivity contribution < 1.29 is 33.4 Å². The fourth-order valence-electron chi connectivity index (χ4n) is 3.10. The molecular formula is C27H27NO7. The van der Waals surface area contributed by atoms with Gasteiger partial charge in [-0.05, 0) is 56.2 Å². The predicted octanol–water partition coefficient (Wildman–Crippen LogP) is 3.84. The Labute approximate surface area is 203 Å². The Bertz CT molecular complexity index is 1140. The van der Waals surface area contributed by atoms with Crippen LogP contribution in [0.5, 0.6) is 5.75 Å². The average Bonchev–Trinajstić information content (AvgIpc) is 2.80. The molecule has 2 aromatic carbocycles. The summed E-state index contributed by atoms with van der Waals surface area (Å²) in [5, 5.41) is 2.58. The van der Waals surface area contributed by atoms with Crippen LogP contribution in [0.25, 0.3) is 0 Å². The highest BCUT2D eigenvalue weighted by atomic mass is 16.6. The number of allylic oxidation sites excluding steroid dienone is 3. The van der Waals surface area contributed by atoms with Crippen LogP contribution < -0.4 is 10.1 Å². The maximum atomic E-state index is 12.8. The van der Waals surface area contributed by atoms with Gasteiger partial charge in [-0.3, -0.25) is 9.59 Å². The molecule has 1 N–H and O–H groups in total. The Morgan fingerprint density at radius 1 is 0.914 bits per heavy atom. The minimum absolute atomic E-state index is 0.0647. The Morgan fingerprint density at radius 2 is 1.60 bits per heavy atom. The molecular weight excluding hydrogens is 450 g/mol.